The number of nitrogens with zero attached hydrogens (tertiary/aromatic N) is 3. The van der Waals surface area contributed by atoms with Gasteiger partial charge in [-0.15, -0.1) is 10.2 Å². The van der Waals surface area contributed by atoms with Crippen LogP contribution in [0.1, 0.15) is 16.7 Å². The number of aliphatic carboxylic acids is 1. The summed E-state index contributed by atoms with van der Waals surface area (Å²) < 4.78 is 16.9. The Morgan fingerprint density at radius 2 is 1.92 bits per heavy atom. The quantitative estimate of drug-likeness (QED) is 0.207. The van der Waals surface area contributed by atoms with Crippen LogP contribution < -0.4 is 9.47 Å². The molecule has 1 aromatic heterocycles. The minimum absolute atomic E-state index is 0.0278. The molecule has 0 radical (unpaired) electrons. The molecule has 0 spiro atoms. The molecular weight excluding hydrogens is 502 g/mol. The minimum Gasteiger partial charge on any atom is -0.493 e. The van der Waals surface area contributed by atoms with Gasteiger partial charge in [-0.1, -0.05) is 35.9 Å². The van der Waals surface area contributed by atoms with E-state index in [-0.39, 0.29) is 22.6 Å². The lowest BCUT2D eigenvalue weighted by atomic mass is 10.1. The number of hydrogen-bond acceptors (Lipinski definition) is 8. The third-order valence-corrected chi connectivity index (χ3v) is 6.02. The van der Waals surface area contributed by atoms with Gasteiger partial charge in [0.25, 0.3) is 5.22 Å². The van der Waals surface area contributed by atoms with E-state index in [9.17, 15) is 15.2 Å². The summed E-state index contributed by atoms with van der Waals surface area (Å²) in [6, 6.07) is 21.2. The van der Waals surface area contributed by atoms with Crippen LogP contribution in [0, 0.1) is 11.3 Å². The molecule has 4 rings (SSSR count). The van der Waals surface area contributed by atoms with E-state index in [0.29, 0.717) is 33.2 Å². The van der Waals surface area contributed by atoms with Gasteiger partial charge in [0.2, 0.25) is 5.89 Å². The first kappa shape index (κ1) is 24.9. The number of hydrogen-bond donors (Lipinski definition) is 1. The molecule has 10 heteroatoms. The SMILES string of the molecule is COc1cc(/C=C(\Sc2nnc(-c3ccc(Cl)cc3)o2)C(=O)O)ccc1OCc1ccccc1C#N. The number of halogens is 1. The summed E-state index contributed by atoms with van der Waals surface area (Å²) in [6.45, 7) is 0.179. The van der Waals surface area contributed by atoms with Crippen molar-refractivity contribution < 1.29 is 23.8 Å². The van der Waals surface area contributed by atoms with Crippen LogP contribution in [-0.4, -0.2) is 28.4 Å². The van der Waals surface area contributed by atoms with E-state index in [1.165, 1.54) is 13.2 Å². The molecule has 0 saturated heterocycles. The van der Waals surface area contributed by atoms with Crippen LogP contribution in [-0.2, 0) is 11.4 Å². The highest BCUT2D eigenvalue weighted by Crippen LogP contribution is 2.33. The normalized spacial score (nSPS) is 11.1. The zero-order chi connectivity index (χ0) is 25.5. The molecule has 0 unspecified atom stereocenters. The van der Waals surface area contributed by atoms with E-state index in [1.54, 1.807) is 54.6 Å². The Bertz CT molecular complexity index is 1460. The van der Waals surface area contributed by atoms with Crippen molar-refractivity contribution in [3.8, 4) is 29.0 Å². The van der Waals surface area contributed by atoms with Crippen molar-refractivity contribution in [2.75, 3.05) is 7.11 Å². The molecule has 0 amide bonds. The molecule has 0 aliphatic rings. The highest BCUT2D eigenvalue weighted by atomic mass is 35.5. The number of carboxylic acids is 1. The second-order valence-corrected chi connectivity index (χ2v) is 8.69. The Morgan fingerprint density at radius 3 is 2.64 bits per heavy atom. The molecular formula is C26H18ClN3O5S. The number of methoxy groups -OCH3 is 1. The third-order valence-electron chi connectivity index (χ3n) is 4.91. The summed E-state index contributed by atoms with van der Waals surface area (Å²) >= 11 is 6.73. The summed E-state index contributed by atoms with van der Waals surface area (Å²) in [5, 5.41) is 27.5. The number of aromatic nitrogens is 2. The fourth-order valence-corrected chi connectivity index (χ4v) is 3.94. The number of rotatable bonds is 9. The predicted octanol–water partition coefficient (Wildman–Crippen LogP) is 6.07. The lowest BCUT2D eigenvalue weighted by Gasteiger charge is -2.12. The van der Waals surface area contributed by atoms with Gasteiger partial charge in [-0.2, -0.15) is 5.26 Å². The lowest BCUT2D eigenvalue weighted by molar-refractivity contribution is -0.131. The Hall–Kier alpha value is -4.26. The zero-order valence-corrected chi connectivity index (χ0v) is 20.4. The van der Waals surface area contributed by atoms with Crippen molar-refractivity contribution in [2.24, 2.45) is 0 Å². The largest absolute Gasteiger partial charge is 0.493 e. The molecule has 1 N–H and O–H groups in total. The average molecular weight is 520 g/mol. The van der Waals surface area contributed by atoms with Gasteiger partial charge in [0.1, 0.15) is 11.5 Å². The van der Waals surface area contributed by atoms with E-state index in [1.807, 2.05) is 12.1 Å². The van der Waals surface area contributed by atoms with Gasteiger partial charge in [0.15, 0.2) is 11.5 Å². The molecule has 0 aliphatic heterocycles. The van der Waals surface area contributed by atoms with Crippen molar-refractivity contribution in [1.29, 1.82) is 5.26 Å². The first-order valence-electron chi connectivity index (χ1n) is 10.5. The zero-order valence-electron chi connectivity index (χ0n) is 18.8. The number of ether oxygens (including phenoxy) is 2. The Balaban J connectivity index is 1.52. The summed E-state index contributed by atoms with van der Waals surface area (Å²) in [6.07, 6.45) is 1.47. The van der Waals surface area contributed by atoms with Gasteiger partial charge in [0.05, 0.1) is 18.7 Å². The Kier molecular flexibility index (Phi) is 7.90. The summed E-state index contributed by atoms with van der Waals surface area (Å²) in [7, 11) is 1.49. The molecule has 0 aliphatic carbocycles. The standard InChI is InChI=1S/C26H18ClN3O5S/c1-33-22-12-16(6-11-21(22)34-15-19-5-3-2-4-18(19)14-28)13-23(25(31)32)36-26-30-29-24(35-26)17-7-9-20(27)10-8-17/h2-13H,15H2,1H3,(H,31,32)/b23-13-. The van der Waals surface area contributed by atoms with Crippen LogP contribution >= 0.6 is 23.4 Å². The van der Waals surface area contributed by atoms with E-state index >= 15 is 0 Å². The topological polar surface area (TPSA) is 118 Å². The maximum Gasteiger partial charge on any atom is 0.342 e. The fraction of sp³-hybridized carbons (Fsp3) is 0.0769. The van der Waals surface area contributed by atoms with Gasteiger partial charge < -0.3 is 19.0 Å². The van der Waals surface area contributed by atoms with Crippen molar-refractivity contribution in [1.82, 2.24) is 10.2 Å². The lowest BCUT2D eigenvalue weighted by Crippen LogP contribution is -2.00. The molecule has 36 heavy (non-hydrogen) atoms. The molecule has 180 valence electrons. The molecule has 0 bridgehead atoms. The minimum atomic E-state index is -1.15. The third kappa shape index (κ3) is 6.05. The number of benzene rings is 3. The molecule has 4 aromatic rings. The van der Waals surface area contributed by atoms with Gasteiger partial charge in [-0.05, 0) is 65.9 Å². The van der Waals surface area contributed by atoms with Crippen molar-refractivity contribution in [3.05, 3.63) is 93.3 Å². The van der Waals surface area contributed by atoms with Gasteiger partial charge in [-0.25, -0.2) is 4.79 Å². The fourth-order valence-electron chi connectivity index (χ4n) is 3.14. The van der Waals surface area contributed by atoms with Gasteiger partial charge in [-0.3, -0.25) is 0 Å². The van der Waals surface area contributed by atoms with Crippen LogP contribution in [0.4, 0.5) is 0 Å². The molecule has 0 fully saturated rings. The van der Waals surface area contributed by atoms with E-state index < -0.39 is 5.97 Å². The monoisotopic (exact) mass is 519 g/mol. The summed E-state index contributed by atoms with van der Waals surface area (Å²) in [5.41, 5.74) is 2.50. The predicted molar refractivity (Wildman–Crippen MR) is 135 cm³/mol. The maximum absolute atomic E-state index is 11.9. The van der Waals surface area contributed by atoms with Crippen molar-refractivity contribution in [3.63, 3.8) is 0 Å². The number of carboxylic acid groups (broad SMARTS) is 1. The molecule has 8 nitrogen and oxygen atoms in total. The second kappa shape index (κ2) is 11.4. The van der Waals surface area contributed by atoms with Crippen molar-refractivity contribution >= 4 is 35.4 Å². The summed E-state index contributed by atoms with van der Waals surface area (Å²) in [4.78, 5) is 11.9. The van der Waals surface area contributed by atoms with E-state index in [0.717, 1.165) is 17.3 Å². The van der Waals surface area contributed by atoms with Crippen molar-refractivity contribution in [2.45, 2.75) is 11.8 Å². The molecule has 0 saturated carbocycles. The van der Waals surface area contributed by atoms with Crippen LogP contribution in [0.25, 0.3) is 17.5 Å². The van der Waals surface area contributed by atoms with Crippen LogP contribution in [0.15, 0.2) is 81.3 Å². The first-order chi connectivity index (χ1) is 17.5. The smallest absolute Gasteiger partial charge is 0.342 e. The first-order valence-corrected chi connectivity index (χ1v) is 11.7. The highest BCUT2D eigenvalue weighted by Gasteiger charge is 2.17. The van der Waals surface area contributed by atoms with E-state index in [2.05, 4.69) is 16.3 Å². The molecule has 1 heterocycles. The highest BCUT2D eigenvalue weighted by molar-refractivity contribution is 8.03. The van der Waals surface area contributed by atoms with E-state index in [4.69, 9.17) is 25.5 Å². The number of thioether (sulfide) groups is 1. The van der Waals surface area contributed by atoms with Crippen LogP contribution in [0.5, 0.6) is 11.5 Å². The maximum atomic E-state index is 11.9. The Morgan fingerprint density at radius 1 is 1.14 bits per heavy atom. The Labute approximate surface area is 215 Å². The number of carbonyl (C=O) groups is 1. The van der Waals surface area contributed by atoms with Gasteiger partial charge in [0, 0.05) is 16.1 Å². The average Bonchev–Trinajstić information content (AvgIpc) is 3.36. The second-order valence-electron chi connectivity index (χ2n) is 7.26. The summed E-state index contributed by atoms with van der Waals surface area (Å²) in [5.74, 6) is -0.0362. The number of nitriles is 1. The van der Waals surface area contributed by atoms with Gasteiger partial charge >= 0.3 is 5.97 Å². The van der Waals surface area contributed by atoms with Crippen LogP contribution in [0.2, 0.25) is 5.02 Å². The van der Waals surface area contributed by atoms with Crippen LogP contribution in [0.3, 0.4) is 0 Å². The molecule has 0 atom stereocenters. The molecule has 3 aromatic carbocycles.